The Kier molecular flexibility index (Phi) is 3.50. The van der Waals surface area contributed by atoms with Crippen LogP contribution >= 0.6 is 23.8 Å². The molecule has 64 valence electrons. The minimum atomic E-state index is 0.0219. The Morgan fingerprint density at radius 1 is 1.25 bits per heavy atom. The molecule has 0 bridgehead atoms. The molecule has 1 nitrogen and oxygen atoms in total. The summed E-state index contributed by atoms with van der Waals surface area (Å²) < 4.78 is 0. The van der Waals surface area contributed by atoms with Gasteiger partial charge in [-0.15, -0.1) is 11.6 Å². The summed E-state index contributed by atoms with van der Waals surface area (Å²) in [5.74, 6) is 0.518. The van der Waals surface area contributed by atoms with Gasteiger partial charge in [0.2, 0.25) is 0 Å². The zero-order valence-corrected chi connectivity index (χ0v) is 8.03. The number of thiocarbonyl (C=S) groups is 1. The molecule has 0 amide bonds. The Morgan fingerprint density at radius 3 is 2.17 bits per heavy atom. The van der Waals surface area contributed by atoms with Crippen molar-refractivity contribution in [3.63, 3.8) is 0 Å². The van der Waals surface area contributed by atoms with Gasteiger partial charge in [-0.05, 0) is 23.3 Å². The molecule has 0 fully saturated rings. The number of hydrogen-bond acceptors (Lipinski definition) is 1. The van der Waals surface area contributed by atoms with E-state index in [0.29, 0.717) is 12.3 Å². The first-order valence-corrected chi connectivity index (χ1v) is 4.52. The summed E-state index contributed by atoms with van der Waals surface area (Å²) in [5.41, 5.74) is 2.08. The topological polar surface area (TPSA) is 20.2 Å². The maximum absolute atomic E-state index is 8.84. The van der Waals surface area contributed by atoms with Crippen LogP contribution in [0.4, 0.5) is 0 Å². The van der Waals surface area contributed by atoms with Crippen molar-refractivity contribution in [2.45, 2.75) is 12.3 Å². The molecule has 12 heavy (non-hydrogen) atoms. The summed E-state index contributed by atoms with van der Waals surface area (Å²) in [7, 11) is 0. The number of aliphatic hydroxyl groups is 1. The van der Waals surface area contributed by atoms with Crippen molar-refractivity contribution in [1.29, 1.82) is 0 Å². The first kappa shape index (κ1) is 9.49. The highest BCUT2D eigenvalue weighted by Crippen LogP contribution is 2.07. The van der Waals surface area contributed by atoms with Gasteiger partial charge in [-0.2, -0.15) is 0 Å². The molecule has 1 N–H and O–H groups in total. The van der Waals surface area contributed by atoms with Crippen LogP contribution in [0, 0.1) is 0 Å². The lowest BCUT2D eigenvalue weighted by Crippen LogP contribution is -1.96. The van der Waals surface area contributed by atoms with Crippen molar-refractivity contribution >= 4 is 28.9 Å². The molecule has 0 spiro atoms. The fraction of sp³-hybridized carbons (Fsp3) is 0.222. The standard InChI is InChI=1S/C9H9ClOS/c10-6-8-3-1-7(2-4-8)5-9(11)12/h1-4H,5-6H2,(H,11,12). The third-order valence-electron chi connectivity index (χ3n) is 1.53. The molecule has 0 aliphatic rings. The fourth-order valence-electron chi connectivity index (χ4n) is 0.921. The summed E-state index contributed by atoms with van der Waals surface area (Å²) in [5, 5.41) is 8.86. The summed E-state index contributed by atoms with van der Waals surface area (Å²) in [4.78, 5) is 0. The Balaban J connectivity index is 2.71. The molecule has 0 radical (unpaired) electrons. The normalized spacial score (nSPS) is 9.75. The Labute approximate surface area is 82.0 Å². The van der Waals surface area contributed by atoms with Gasteiger partial charge >= 0.3 is 0 Å². The molecule has 0 unspecified atom stereocenters. The number of benzene rings is 1. The molecule has 0 atom stereocenters. The van der Waals surface area contributed by atoms with E-state index >= 15 is 0 Å². The summed E-state index contributed by atoms with van der Waals surface area (Å²) >= 11 is 10.2. The van der Waals surface area contributed by atoms with E-state index in [9.17, 15) is 0 Å². The van der Waals surface area contributed by atoms with Gasteiger partial charge < -0.3 is 5.11 Å². The van der Waals surface area contributed by atoms with Gasteiger partial charge in [0.15, 0.2) is 5.05 Å². The van der Waals surface area contributed by atoms with Crippen LogP contribution in [0.1, 0.15) is 11.1 Å². The van der Waals surface area contributed by atoms with Crippen molar-refractivity contribution in [2.75, 3.05) is 0 Å². The van der Waals surface area contributed by atoms with E-state index in [-0.39, 0.29) is 5.05 Å². The third kappa shape index (κ3) is 2.80. The van der Waals surface area contributed by atoms with Gasteiger partial charge in [-0.1, -0.05) is 24.3 Å². The lowest BCUT2D eigenvalue weighted by Gasteiger charge is -1.99. The van der Waals surface area contributed by atoms with Gasteiger partial charge in [0.05, 0.1) is 0 Å². The predicted molar refractivity (Wildman–Crippen MR) is 54.9 cm³/mol. The summed E-state index contributed by atoms with van der Waals surface area (Å²) in [6, 6.07) is 7.70. The number of halogens is 1. The SMILES string of the molecule is OC(=S)Cc1ccc(CCl)cc1. The summed E-state index contributed by atoms with van der Waals surface area (Å²) in [6.07, 6.45) is 0.442. The largest absolute Gasteiger partial charge is 0.502 e. The van der Waals surface area contributed by atoms with E-state index in [1.54, 1.807) is 0 Å². The van der Waals surface area contributed by atoms with E-state index < -0.39 is 0 Å². The first-order chi connectivity index (χ1) is 5.72. The molecular formula is C9H9ClOS. The lowest BCUT2D eigenvalue weighted by molar-refractivity contribution is 0.556. The molecule has 0 aliphatic carbocycles. The van der Waals surface area contributed by atoms with Crippen LogP contribution in [-0.4, -0.2) is 10.2 Å². The van der Waals surface area contributed by atoms with Crippen LogP contribution in [0.2, 0.25) is 0 Å². The minimum Gasteiger partial charge on any atom is -0.502 e. The van der Waals surface area contributed by atoms with Crippen LogP contribution in [0.3, 0.4) is 0 Å². The second-order valence-electron chi connectivity index (χ2n) is 2.52. The highest BCUT2D eigenvalue weighted by Gasteiger charge is 1.96. The Hall–Kier alpha value is -0.600. The molecule has 1 aromatic carbocycles. The first-order valence-electron chi connectivity index (χ1n) is 3.58. The average Bonchev–Trinajstić information content (AvgIpc) is 2.05. The number of aliphatic hydroxyl groups excluding tert-OH is 1. The van der Waals surface area contributed by atoms with E-state index in [1.165, 1.54) is 0 Å². The zero-order chi connectivity index (χ0) is 8.97. The Morgan fingerprint density at radius 2 is 1.75 bits per heavy atom. The zero-order valence-electron chi connectivity index (χ0n) is 6.46. The number of hydrogen-bond donors (Lipinski definition) is 1. The second kappa shape index (κ2) is 4.43. The molecule has 1 aromatic rings. The summed E-state index contributed by atoms with van der Waals surface area (Å²) in [6.45, 7) is 0. The van der Waals surface area contributed by atoms with E-state index in [0.717, 1.165) is 11.1 Å². The van der Waals surface area contributed by atoms with Crippen molar-refractivity contribution in [2.24, 2.45) is 0 Å². The molecule has 0 aromatic heterocycles. The van der Waals surface area contributed by atoms with Crippen molar-refractivity contribution in [3.8, 4) is 0 Å². The van der Waals surface area contributed by atoms with E-state index in [2.05, 4.69) is 12.2 Å². The monoisotopic (exact) mass is 200 g/mol. The quantitative estimate of drug-likeness (QED) is 0.598. The lowest BCUT2D eigenvalue weighted by atomic mass is 10.1. The third-order valence-corrected chi connectivity index (χ3v) is 1.99. The van der Waals surface area contributed by atoms with E-state index in [1.807, 2.05) is 24.3 Å². The van der Waals surface area contributed by atoms with Gasteiger partial charge in [-0.3, -0.25) is 0 Å². The molecule has 1 rings (SSSR count). The maximum atomic E-state index is 8.84. The van der Waals surface area contributed by atoms with Crippen LogP contribution in [0.15, 0.2) is 24.3 Å². The highest BCUT2D eigenvalue weighted by atomic mass is 35.5. The van der Waals surface area contributed by atoms with Crippen LogP contribution in [0.5, 0.6) is 0 Å². The molecule has 0 heterocycles. The maximum Gasteiger partial charge on any atom is 0.160 e. The number of alkyl halides is 1. The van der Waals surface area contributed by atoms with Crippen LogP contribution in [-0.2, 0) is 12.3 Å². The highest BCUT2D eigenvalue weighted by molar-refractivity contribution is 7.80. The molecule has 0 saturated carbocycles. The molecule has 3 heteroatoms. The predicted octanol–water partition coefficient (Wildman–Crippen LogP) is 2.85. The van der Waals surface area contributed by atoms with Gasteiger partial charge in [0, 0.05) is 12.3 Å². The average molecular weight is 201 g/mol. The van der Waals surface area contributed by atoms with E-state index in [4.69, 9.17) is 16.7 Å². The van der Waals surface area contributed by atoms with Crippen LogP contribution < -0.4 is 0 Å². The Bertz CT molecular complexity index is 268. The second-order valence-corrected chi connectivity index (χ2v) is 3.26. The van der Waals surface area contributed by atoms with Crippen LogP contribution in [0.25, 0.3) is 0 Å². The van der Waals surface area contributed by atoms with Crippen molar-refractivity contribution < 1.29 is 5.11 Å². The van der Waals surface area contributed by atoms with Crippen molar-refractivity contribution in [3.05, 3.63) is 35.4 Å². The van der Waals surface area contributed by atoms with Crippen molar-refractivity contribution in [1.82, 2.24) is 0 Å². The molecular weight excluding hydrogens is 192 g/mol. The fourth-order valence-corrected chi connectivity index (χ4v) is 1.27. The van der Waals surface area contributed by atoms with Gasteiger partial charge in [0.25, 0.3) is 0 Å². The number of rotatable bonds is 3. The molecule has 0 saturated heterocycles. The van der Waals surface area contributed by atoms with Gasteiger partial charge in [0.1, 0.15) is 0 Å². The molecule has 0 aliphatic heterocycles. The van der Waals surface area contributed by atoms with Gasteiger partial charge in [-0.25, -0.2) is 0 Å². The smallest absolute Gasteiger partial charge is 0.160 e. The minimum absolute atomic E-state index is 0.0219.